The molecule has 0 saturated heterocycles. The van der Waals surface area contributed by atoms with Gasteiger partial charge in [-0.05, 0) is 0 Å². The van der Waals surface area contributed by atoms with E-state index in [4.69, 9.17) is 0 Å². The third-order valence-corrected chi connectivity index (χ3v) is 2.75. The fraction of sp³-hybridized carbons (Fsp3) is 0.286. The zero-order valence-electron chi connectivity index (χ0n) is 6.61. The summed E-state index contributed by atoms with van der Waals surface area (Å²) in [6.07, 6.45) is 1.51. The Kier molecular flexibility index (Phi) is 2.93. The first-order chi connectivity index (χ1) is 5.74. The number of nitrogens with one attached hydrogen (secondary N) is 1. The molecular formula is C7H9N2O2S+. The molecule has 1 rings (SSSR count). The minimum atomic E-state index is -0.566. The largest absolute Gasteiger partial charge is 0.366 e. The first-order valence-electron chi connectivity index (χ1n) is 3.39. The number of carbonyl (C=O) groups excluding carboxylic acids is 2. The number of carbonyl (C=O) groups is 2. The van der Waals surface area contributed by atoms with Gasteiger partial charge in [-0.15, -0.1) is 0 Å². The van der Waals surface area contributed by atoms with Gasteiger partial charge in [-0.25, -0.2) is 9.78 Å². The van der Waals surface area contributed by atoms with Crippen LogP contribution in [-0.4, -0.2) is 23.1 Å². The zero-order chi connectivity index (χ0) is 8.97. The second-order valence-electron chi connectivity index (χ2n) is 2.13. The van der Waals surface area contributed by atoms with Gasteiger partial charge < -0.3 is 5.32 Å². The van der Waals surface area contributed by atoms with E-state index in [1.807, 2.05) is 0 Å². The van der Waals surface area contributed by atoms with Gasteiger partial charge in [-0.1, -0.05) is 0 Å². The van der Waals surface area contributed by atoms with Crippen molar-refractivity contribution in [1.82, 2.24) is 10.3 Å². The molecule has 5 heteroatoms. The minimum Gasteiger partial charge on any atom is -0.359 e. The van der Waals surface area contributed by atoms with Gasteiger partial charge in [0, 0.05) is 7.05 Å². The topological polar surface area (TPSA) is 59.1 Å². The van der Waals surface area contributed by atoms with Gasteiger partial charge in [0.15, 0.2) is 5.38 Å². The monoisotopic (exact) mass is 185 g/mol. The number of hydrogen-bond acceptors (Lipinski definition) is 3. The number of aromatic nitrogens is 1. The number of thiazole rings is 1. The van der Waals surface area contributed by atoms with Gasteiger partial charge in [0.2, 0.25) is 11.4 Å². The molecule has 12 heavy (non-hydrogen) atoms. The molecule has 0 fully saturated rings. The van der Waals surface area contributed by atoms with E-state index >= 15 is 0 Å². The Hall–Kier alpha value is -1.23. The Balaban J connectivity index is 2.56. The SMILES string of the molecule is CNC(=O)CC(=O)[s+]1ccnc1. The van der Waals surface area contributed by atoms with Crippen molar-refractivity contribution in [3.05, 3.63) is 17.1 Å². The second-order valence-corrected chi connectivity index (χ2v) is 3.82. The van der Waals surface area contributed by atoms with Crippen LogP contribution >= 0.6 is 10.5 Å². The quantitative estimate of drug-likeness (QED) is 0.554. The normalized spacial score (nSPS) is 10.9. The lowest BCUT2D eigenvalue weighted by Crippen LogP contribution is -2.19. The van der Waals surface area contributed by atoms with Crippen molar-refractivity contribution in [3.8, 4) is 0 Å². The maximum Gasteiger partial charge on any atom is 0.366 e. The predicted octanol–water partition coefficient (Wildman–Crippen LogP) is 0.607. The fourth-order valence-electron chi connectivity index (χ4n) is 0.674. The van der Waals surface area contributed by atoms with E-state index in [1.165, 1.54) is 7.05 Å². The van der Waals surface area contributed by atoms with Crippen LogP contribution in [0.4, 0.5) is 0 Å². The molecule has 0 aliphatic rings. The average molecular weight is 185 g/mol. The van der Waals surface area contributed by atoms with Crippen molar-refractivity contribution in [1.29, 1.82) is 0 Å². The van der Waals surface area contributed by atoms with E-state index < -0.39 is 10.5 Å². The molecule has 0 saturated carbocycles. The van der Waals surface area contributed by atoms with Crippen LogP contribution in [0.3, 0.4) is 0 Å². The van der Waals surface area contributed by atoms with Gasteiger partial charge in [-0.2, -0.15) is 0 Å². The summed E-state index contributed by atoms with van der Waals surface area (Å²) >= 11 is 0. The van der Waals surface area contributed by atoms with Crippen LogP contribution in [0.2, 0.25) is 0 Å². The number of hydrogen-bond donors (Lipinski definition) is 1. The number of rotatable bonds is 3. The fourth-order valence-corrected chi connectivity index (χ4v) is 1.71. The molecule has 0 aliphatic carbocycles. The summed E-state index contributed by atoms with van der Waals surface area (Å²) in [6, 6.07) is 0. The highest BCUT2D eigenvalue weighted by molar-refractivity contribution is 7.49. The second kappa shape index (κ2) is 3.96. The van der Waals surface area contributed by atoms with Gasteiger partial charge >= 0.3 is 5.12 Å². The molecule has 0 aliphatic heterocycles. The maximum absolute atomic E-state index is 11.2. The third-order valence-electron chi connectivity index (χ3n) is 1.31. The molecule has 0 aromatic carbocycles. The Labute approximate surface area is 72.6 Å². The van der Waals surface area contributed by atoms with E-state index in [-0.39, 0.29) is 17.4 Å². The Morgan fingerprint density at radius 1 is 1.58 bits per heavy atom. The maximum atomic E-state index is 11.2. The van der Waals surface area contributed by atoms with E-state index in [9.17, 15) is 9.59 Å². The minimum absolute atomic E-state index is 0.0596. The Morgan fingerprint density at radius 3 is 2.83 bits per heavy atom. The summed E-state index contributed by atoms with van der Waals surface area (Å²) in [5.74, 6) is -0.249. The summed E-state index contributed by atoms with van der Waals surface area (Å²) < 4.78 is 0. The highest BCUT2D eigenvalue weighted by Gasteiger charge is 2.19. The molecule has 1 atom stereocenters. The average Bonchev–Trinajstić information content (AvgIpc) is 2.56. The standard InChI is InChI=1S/C7H8N2O2S/c1-8-6(10)4-7(11)12-3-2-9-5-12/h2-3,5H,4H2,1H3/p+1. The number of amides is 1. The molecule has 0 radical (unpaired) electrons. The molecule has 1 unspecified atom stereocenters. The zero-order valence-corrected chi connectivity index (χ0v) is 7.43. The summed E-state index contributed by atoms with van der Waals surface area (Å²) in [5.41, 5.74) is 1.56. The predicted molar refractivity (Wildman–Crippen MR) is 46.0 cm³/mol. The van der Waals surface area contributed by atoms with E-state index in [2.05, 4.69) is 10.3 Å². The van der Waals surface area contributed by atoms with Gasteiger partial charge in [0.1, 0.15) is 6.42 Å². The van der Waals surface area contributed by atoms with Crippen LogP contribution < -0.4 is 5.32 Å². The smallest absolute Gasteiger partial charge is 0.359 e. The molecule has 64 valence electrons. The van der Waals surface area contributed by atoms with Crippen molar-refractivity contribution in [2.24, 2.45) is 0 Å². The molecular weight excluding hydrogens is 176 g/mol. The Bertz CT molecular complexity index is 282. The Morgan fingerprint density at radius 2 is 2.33 bits per heavy atom. The lowest BCUT2D eigenvalue weighted by Gasteiger charge is -1.90. The summed E-state index contributed by atoms with van der Waals surface area (Å²) in [4.78, 5) is 25.8. The van der Waals surface area contributed by atoms with E-state index in [0.29, 0.717) is 0 Å². The van der Waals surface area contributed by atoms with Crippen LogP contribution in [-0.2, 0) is 4.79 Å². The molecule has 0 bridgehead atoms. The molecule has 0 spiro atoms. The molecule has 1 N–H and O–H groups in total. The summed E-state index contributed by atoms with van der Waals surface area (Å²) in [5, 5.41) is 4.00. The van der Waals surface area contributed by atoms with Crippen molar-refractivity contribution >= 4 is 21.5 Å². The molecule has 1 heterocycles. The lowest BCUT2D eigenvalue weighted by molar-refractivity contribution is -0.119. The molecule has 1 amide bonds. The van der Waals surface area contributed by atoms with E-state index in [0.717, 1.165) is 0 Å². The lowest BCUT2D eigenvalue weighted by atomic mass is 10.4. The van der Waals surface area contributed by atoms with Crippen molar-refractivity contribution in [3.63, 3.8) is 0 Å². The van der Waals surface area contributed by atoms with Gasteiger partial charge in [0.05, 0.1) is 16.7 Å². The van der Waals surface area contributed by atoms with Crippen LogP contribution in [0, 0.1) is 0 Å². The highest BCUT2D eigenvalue weighted by atomic mass is 32.2. The summed E-state index contributed by atoms with van der Waals surface area (Å²) in [7, 11) is 0.945. The first-order valence-corrected chi connectivity index (χ1v) is 4.74. The van der Waals surface area contributed by atoms with Crippen LogP contribution in [0.25, 0.3) is 0 Å². The van der Waals surface area contributed by atoms with Crippen LogP contribution in [0.15, 0.2) is 17.1 Å². The van der Waals surface area contributed by atoms with Crippen molar-refractivity contribution in [2.45, 2.75) is 6.42 Å². The van der Waals surface area contributed by atoms with Crippen molar-refractivity contribution < 1.29 is 9.59 Å². The van der Waals surface area contributed by atoms with Crippen molar-refractivity contribution in [2.75, 3.05) is 7.05 Å². The summed E-state index contributed by atoms with van der Waals surface area (Å²) in [6.45, 7) is 0. The first kappa shape index (κ1) is 8.86. The molecule has 1 aromatic rings. The van der Waals surface area contributed by atoms with E-state index in [1.54, 1.807) is 17.1 Å². The van der Waals surface area contributed by atoms with Crippen LogP contribution in [0.1, 0.15) is 11.2 Å². The van der Waals surface area contributed by atoms with Crippen LogP contribution in [0.5, 0.6) is 0 Å². The number of nitrogens with zero attached hydrogens (tertiary/aromatic N) is 1. The third kappa shape index (κ3) is 2.13. The molecule has 1 aromatic heterocycles. The van der Waals surface area contributed by atoms with Gasteiger partial charge in [0.25, 0.3) is 0 Å². The van der Waals surface area contributed by atoms with Gasteiger partial charge in [-0.3, -0.25) is 4.79 Å². The highest BCUT2D eigenvalue weighted by Crippen LogP contribution is 2.16. The molecule has 4 nitrogen and oxygen atoms in total.